The van der Waals surface area contributed by atoms with Gasteiger partial charge in [-0.2, -0.15) is 0 Å². The Morgan fingerprint density at radius 1 is 0.957 bits per heavy atom. The topological polar surface area (TPSA) is 59.1 Å². The number of anilines is 1. The van der Waals surface area contributed by atoms with E-state index in [9.17, 15) is 9.50 Å². The van der Waals surface area contributed by atoms with E-state index in [4.69, 9.17) is 5.73 Å². The maximum Gasteiger partial charge on any atom is 0.126 e. The fourth-order valence-corrected chi connectivity index (χ4v) is 2.27. The van der Waals surface area contributed by atoms with Crippen molar-refractivity contribution in [1.29, 1.82) is 0 Å². The highest BCUT2D eigenvalue weighted by atomic mass is 19.1. The van der Waals surface area contributed by atoms with Gasteiger partial charge in [-0.15, -0.1) is 0 Å². The fraction of sp³-hybridized carbons (Fsp3) is 0. The summed E-state index contributed by atoms with van der Waals surface area (Å²) < 4.78 is 13.3. The summed E-state index contributed by atoms with van der Waals surface area (Å²) >= 11 is 0. The number of rotatable bonds is 3. The Labute approximate surface area is 133 Å². The Hall–Kier alpha value is -3.14. The van der Waals surface area contributed by atoms with Crippen LogP contribution < -0.4 is 5.73 Å². The molecule has 0 spiro atoms. The van der Waals surface area contributed by atoms with Crippen molar-refractivity contribution >= 4 is 17.8 Å². The number of hydrogen-bond acceptors (Lipinski definition) is 3. The highest BCUT2D eigenvalue weighted by Crippen LogP contribution is 2.29. The van der Waals surface area contributed by atoms with E-state index in [2.05, 4.69) is 4.98 Å². The Morgan fingerprint density at radius 3 is 2.48 bits per heavy atom. The van der Waals surface area contributed by atoms with Crippen LogP contribution in [0.2, 0.25) is 0 Å². The summed E-state index contributed by atoms with van der Waals surface area (Å²) in [6.45, 7) is 0. The minimum atomic E-state index is -0.393. The molecule has 2 aromatic carbocycles. The Balaban J connectivity index is 1.94. The molecule has 23 heavy (non-hydrogen) atoms. The monoisotopic (exact) mass is 306 g/mol. The van der Waals surface area contributed by atoms with Crippen LogP contribution in [0.1, 0.15) is 11.1 Å². The van der Waals surface area contributed by atoms with Gasteiger partial charge in [-0.25, -0.2) is 4.39 Å². The third-order valence-electron chi connectivity index (χ3n) is 3.40. The van der Waals surface area contributed by atoms with E-state index in [1.54, 1.807) is 18.2 Å². The van der Waals surface area contributed by atoms with Crippen molar-refractivity contribution in [1.82, 2.24) is 4.98 Å². The molecule has 1 aromatic heterocycles. The number of benzene rings is 2. The van der Waals surface area contributed by atoms with Crippen molar-refractivity contribution in [3.63, 3.8) is 0 Å². The lowest BCUT2D eigenvalue weighted by Crippen LogP contribution is -1.87. The van der Waals surface area contributed by atoms with Crippen LogP contribution in [0.4, 0.5) is 10.1 Å². The van der Waals surface area contributed by atoms with Gasteiger partial charge in [0, 0.05) is 23.5 Å². The number of halogens is 1. The Kier molecular flexibility index (Phi) is 4.06. The summed E-state index contributed by atoms with van der Waals surface area (Å²) in [5, 5.41) is 10.00. The first-order chi connectivity index (χ1) is 11.1. The highest BCUT2D eigenvalue weighted by molar-refractivity contribution is 5.76. The summed E-state index contributed by atoms with van der Waals surface area (Å²) in [6, 6.07) is 15.2. The van der Waals surface area contributed by atoms with E-state index in [0.29, 0.717) is 16.9 Å². The summed E-state index contributed by atoms with van der Waals surface area (Å²) in [6.07, 6.45) is 5.20. The first-order valence-corrected chi connectivity index (χ1v) is 7.10. The SMILES string of the molecule is Nc1cccc(/C=C/c2ccc(O)c(-c3cc(F)ccn3)c2)c1. The first-order valence-electron chi connectivity index (χ1n) is 7.10. The van der Waals surface area contributed by atoms with E-state index in [1.165, 1.54) is 18.3 Å². The Morgan fingerprint density at radius 2 is 1.74 bits per heavy atom. The number of hydrogen-bond donors (Lipinski definition) is 2. The molecule has 3 aromatic rings. The number of nitrogen functional groups attached to an aromatic ring is 1. The summed E-state index contributed by atoms with van der Waals surface area (Å²) in [5.74, 6) is -0.334. The second kappa shape index (κ2) is 6.32. The van der Waals surface area contributed by atoms with Crippen LogP contribution in [0.15, 0.2) is 60.8 Å². The molecule has 0 amide bonds. The van der Waals surface area contributed by atoms with Crippen LogP contribution in [0.25, 0.3) is 23.4 Å². The van der Waals surface area contributed by atoms with E-state index in [0.717, 1.165) is 11.1 Å². The number of pyridine rings is 1. The molecule has 0 aliphatic carbocycles. The van der Waals surface area contributed by atoms with Crippen molar-refractivity contribution in [2.75, 3.05) is 5.73 Å². The maximum atomic E-state index is 13.3. The molecule has 0 radical (unpaired) electrons. The minimum Gasteiger partial charge on any atom is -0.507 e. The molecule has 3 rings (SSSR count). The molecule has 0 unspecified atom stereocenters. The van der Waals surface area contributed by atoms with Crippen LogP contribution in [-0.2, 0) is 0 Å². The lowest BCUT2D eigenvalue weighted by atomic mass is 10.0. The van der Waals surface area contributed by atoms with Gasteiger partial charge in [0.05, 0.1) is 5.69 Å². The summed E-state index contributed by atoms with van der Waals surface area (Å²) in [5.41, 5.74) is 9.17. The van der Waals surface area contributed by atoms with E-state index in [1.807, 2.05) is 36.4 Å². The maximum absolute atomic E-state index is 13.3. The quantitative estimate of drug-likeness (QED) is 0.559. The van der Waals surface area contributed by atoms with Crippen molar-refractivity contribution in [3.8, 4) is 17.0 Å². The van der Waals surface area contributed by atoms with Gasteiger partial charge >= 0.3 is 0 Å². The second-order valence-corrected chi connectivity index (χ2v) is 5.14. The van der Waals surface area contributed by atoms with E-state index >= 15 is 0 Å². The molecule has 3 nitrogen and oxygen atoms in total. The fourth-order valence-electron chi connectivity index (χ4n) is 2.27. The van der Waals surface area contributed by atoms with Gasteiger partial charge in [-0.3, -0.25) is 4.98 Å². The third-order valence-corrected chi connectivity index (χ3v) is 3.40. The zero-order valence-electron chi connectivity index (χ0n) is 12.3. The van der Waals surface area contributed by atoms with Gasteiger partial charge in [-0.05, 0) is 41.5 Å². The van der Waals surface area contributed by atoms with Crippen LogP contribution in [-0.4, -0.2) is 10.1 Å². The molecule has 4 heteroatoms. The average Bonchev–Trinajstić information content (AvgIpc) is 2.54. The van der Waals surface area contributed by atoms with Crippen molar-refractivity contribution in [3.05, 3.63) is 77.7 Å². The van der Waals surface area contributed by atoms with Crippen LogP contribution >= 0.6 is 0 Å². The lowest BCUT2D eigenvalue weighted by Gasteiger charge is -2.05. The van der Waals surface area contributed by atoms with Crippen LogP contribution in [0.3, 0.4) is 0 Å². The average molecular weight is 306 g/mol. The molecule has 0 saturated heterocycles. The zero-order valence-corrected chi connectivity index (χ0v) is 12.3. The molecule has 3 N–H and O–H groups in total. The summed E-state index contributed by atoms with van der Waals surface area (Å²) in [4.78, 5) is 4.10. The molecular weight excluding hydrogens is 291 g/mol. The standard InChI is InChI=1S/C19H15FN2O/c20-15-8-9-22-18(12-15)17-11-14(6-7-19(17)23)5-4-13-2-1-3-16(21)10-13/h1-12,23H,21H2/b5-4+. The predicted octanol–water partition coefficient (Wildman–Crippen LogP) is 4.35. The number of phenols is 1. The number of nitrogens with two attached hydrogens (primary N) is 1. The normalized spacial score (nSPS) is 11.0. The van der Waals surface area contributed by atoms with E-state index in [-0.39, 0.29) is 5.75 Å². The number of phenolic OH excluding ortho intramolecular Hbond substituents is 1. The van der Waals surface area contributed by atoms with Gasteiger partial charge in [0.2, 0.25) is 0 Å². The predicted molar refractivity (Wildman–Crippen MR) is 91.1 cm³/mol. The van der Waals surface area contributed by atoms with Crippen molar-refractivity contribution < 1.29 is 9.50 Å². The summed E-state index contributed by atoms with van der Waals surface area (Å²) in [7, 11) is 0. The van der Waals surface area contributed by atoms with Crippen LogP contribution in [0.5, 0.6) is 5.75 Å². The Bertz CT molecular complexity index is 875. The second-order valence-electron chi connectivity index (χ2n) is 5.14. The molecule has 0 saturated carbocycles. The van der Waals surface area contributed by atoms with Gasteiger partial charge < -0.3 is 10.8 Å². The number of nitrogens with zero attached hydrogens (tertiary/aromatic N) is 1. The largest absolute Gasteiger partial charge is 0.507 e. The molecule has 0 fully saturated rings. The van der Waals surface area contributed by atoms with Gasteiger partial charge in [0.15, 0.2) is 0 Å². The molecular formula is C19H15FN2O. The lowest BCUT2D eigenvalue weighted by molar-refractivity contribution is 0.477. The van der Waals surface area contributed by atoms with Crippen molar-refractivity contribution in [2.45, 2.75) is 0 Å². The van der Waals surface area contributed by atoms with Gasteiger partial charge in [-0.1, -0.05) is 30.4 Å². The molecule has 1 heterocycles. The van der Waals surface area contributed by atoms with Crippen molar-refractivity contribution in [2.24, 2.45) is 0 Å². The van der Waals surface area contributed by atoms with Gasteiger partial charge in [0.25, 0.3) is 0 Å². The molecule has 0 aliphatic rings. The third kappa shape index (κ3) is 3.55. The molecule has 114 valence electrons. The van der Waals surface area contributed by atoms with Crippen LogP contribution in [0, 0.1) is 5.82 Å². The first kappa shape index (κ1) is 14.8. The smallest absolute Gasteiger partial charge is 0.126 e. The molecule has 0 aliphatic heterocycles. The van der Waals surface area contributed by atoms with Gasteiger partial charge in [0.1, 0.15) is 11.6 Å². The molecule has 0 atom stereocenters. The minimum absolute atomic E-state index is 0.0594. The highest BCUT2D eigenvalue weighted by Gasteiger charge is 2.07. The molecule has 0 bridgehead atoms. The number of aromatic nitrogens is 1. The van der Waals surface area contributed by atoms with E-state index < -0.39 is 5.82 Å². The zero-order chi connectivity index (χ0) is 16.2. The number of aromatic hydroxyl groups is 1.